The van der Waals surface area contributed by atoms with Gasteiger partial charge in [-0.1, -0.05) is 24.3 Å². The third kappa shape index (κ3) is 3.22. The van der Waals surface area contributed by atoms with E-state index < -0.39 is 0 Å². The first kappa shape index (κ1) is 15.4. The van der Waals surface area contributed by atoms with Gasteiger partial charge in [-0.05, 0) is 55.0 Å². The minimum atomic E-state index is 0.229. The molecular formula is C19H24N4O. The van der Waals surface area contributed by atoms with Crippen LogP contribution in [0.3, 0.4) is 0 Å². The van der Waals surface area contributed by atoms with E-state index in [1.54, 1.807) is 6.20 Å². The molecule has 1 aliphatic heterocycles. The Morgan fingerprint density at radius 2 is 2.12 bits per heavy atom. The van der Waals surface area contributed by atoms with Gasteiger partial charge in [0.15, 0.2) is 0 Å². The van der Waals surface area contributed by atoms with Gasteiger partial charge in [0, 0.05) is 24.9 Å². The molecule has 0 bridgehead atoms. The third-order valence-electron chi connectivity index (χ3n) is 5.47. The number of piperidine rings is 1. The number of benzene rings is 1. The highest BCUT2D eigenvalue weighted by Crippen LogP contribution is 2.58. The molecule has 1 saturated heterocycles. The van der Waals surface area contributed by atoms with Crippen molar-refractivity contribution in [2.75, 3.05) is 13.1 Å². The van der Waals surface area contributed by atoms with Gasteiger partial charge in [0.2, 0.25) is 5.91 Å². The Labute approximate surface area is 142 Å². The smallest absolute Gasteiger partial charge is 0.223 e. The fourth-order valence-corrected chi connectivity index (χ4v) is 3.93. The molecule has 2 heterocycles. The summed E-state index contributed by atoms with van der Waals surface area (Å²) < 4.78 is 1.91. The second-order valence-corrected chi connectivity index (χ2v) is 7.11. The van der Waals surface area contributed by atoms with Crippen LogP contribution in [0, 0.1) is 11.3 Å². The van der Waals surface area contributed by atoms with Gasteiger partial charge in [0.25, 0.3) is 0 Å². The van der Waals surface area contributed by atoms with Crippen molar-refractivity contribution >= 4 is 5.91 Å². The molecule has 1 unspecified atom stereocenters. The molecule has 1 aliphatic carbocycles. The van der Waals surface area contributed by atoms with E-state index in [2.05, 4.69) is 33.9 Å². The fraction of sp³-hybridized carbons (Fsp3) is 0.474. The Morgan fingerprint density at radius 3 is 2.92 bits per heavy atom. The van der Waals surface area contributed by atoms with Crippen molar-refractivity contribution in [2.24, 2.45) is 11.3 Å². The van der Waals surface area contributed by atoms with Crippen molar-refractivity contribution in [3.8, 4) is 0 Å². The van der Waals surface area contributed by atoms with Gasteiger partial charge in [0.05, 0.1) is 6.54 Å². The lowest BCUT2D eigenvalue weighted by Gasteiger charge is -2.23. The molecule has 126 valence electrons. The summed E-state index contributed by atoms with van der Waals surface area (Å²) in [6.45, 7) is 3.47. The van der Waals surface area contributed by atoms with Crippen LogP contribution in [-0.2, 0) is 17.9 Å². The number of carbonyl (C=O) groups is 1. The molecular weight excluding hydrogens is 300 g/mol. The molecule has 2 aliphatic rings. The third-order valence-corrected chi connectivity index (χ3v) is 5.47. The van der Waals surface area contributed by atoms with Crippen molar-refractivity contribution in [1.82, 2.24) is 20.4 Å². The average Bonchev–Trinajstić information content (AvgIpc) is 3.04. The Balaban J connectivity index is 1.32. The second-order valence-electron chi connectivity index (χ2n) is 7.11. The van der Waals surface area contributed by atoms with Gasteiger partial charge in [-0.15, -0.1) is 0 Å². The van der Waals surface area contributed by atoms with Crippen LogP contribution in [0.15, 0.2) is 42.7 Å². The zero-order chi connectivity index (χ0) is 16.4. The largest absolute Gasteiger partial charge is 0.352 e. The number of hydrogen-bond donors (Lipinski definition) is 2. The van der Waals surface area contributed by atoms with Crippen molar-refractivity contribution < 1.29 is 4.79 Å². The lowest BCUT2D eigenvalue weighted by Crippen LogP contribution is -2.33. The highest BCUT2D eigenvalue weighted by Gasteiger charge is 2.57. The summed E-state index contributed by atoms with van der Waals surface area (Å²) in [5, 5.41) is 10.8. The molecule has 1 saturated carbocycles. The lowest BCUT2D eigenvalue weighted by atomic mass is 9.92. The van der Waals surface area contributed by atoms with E-state index in [4.69, 9.17) is 0 Å². The zero-order valence-electron chi connectivity index (χ0n) is 13.9. The van der Waals surface area contributed by atoms with Crippen molar-refractivity contribution in [2.45, 2.75) is 32.4 Å². The number of aromatic nitrogens is 2. The molecule has 4 rings (SSSR count). The highest BCUT2D eigenvalue weighted by atomic mass is 16.2. The molecule has 1 atom stereocenters. The Morgan fingerprint density at radius 1 is 1.29 bits per heavy atom. The van der Waals surface area contributed by atoms with Gasteiger partial charge < -0.3 is 10.6 Å². The maximum absolute atomic E-state index is 12.4. The molecule has 0 radical (unpaired) electrons. The molecule has 1 spiro atoms. The van der Waals surface area contributed by atoms with Gasteiger partial charge >= 0.3 is 0 Å². The predicted molar refractivity (Wildman–Crippen MR) is 92.3 cm³/mol. The van der Waals surface area contributed by atoms with E-state index in [0.29, 0.717) is 12.0 Å². The molecule has 5 nitrogen and oxygen atoms in total. The molecule has 1 amide bonds. The first-order valence-electron chi connectivity index (χ1n) is 8.79. The summed E-state index contributed by atoms with van der Waals surface area (Å²) in [6.07, 6.45) is 7.10. The van der Waals surface area contributed by atoms with Crippen LogP contribution < -0.4 is 10.6 Å². The maximum atomic E-state index is 12.4. The number of hydrogen-bond acceptors (Lipinski definition) is 3. The molecule has 2 N–H and O–H groups in total. The molecule has 5 heteroatoms. The quantitative estimate of drug-likeness (QED) is 0.884. The first-order chi connectivity index (χ1) is 11.8. The summed E-state index contributed by atoms with van der Waals surface area (Å²) in [4.78, 5) is 12.4. The van der Waals surface area contributed by atoms with Crippen LogP contribution in [0.1, 0.15) is 30.4 Å². The van der Waals surface area contributed by atoms with Gasteiger partial charge in [0.1, 0.15) is 0 Å². The Bertz CT molecular complexity index is 704. The van der Waals surface area contributed by atoms with Gasteiger partial charge in [-0.2, -0.15) is 5.10 Å². The fourth-order valence-electron chi connectivity index (χ4n) is 3.93. The maximum Gasteiger partial charge on any atom is 0.223 e. The molecule has 1 aromatic carbocycles. The van der Waals surface area contributed by atoms with Crippen LogP contribution >= 0.6 is 0 Å². The van der Waals surface area contributed by atoms with E-state index in [1.165, 1.54) is 5.56 Å². The number of nitrogens with zero attached hydrogens (tertiary/aromatic N) is 2. The van der Waals surface area contributed by atoms with Crippen molar-refractivity contribution in [3.05, 3.63) is 53.9 Å². The van der Waals surface area contributed by atoms with Gasteiger partial charge in [-0.25, -0.2) is 0 Å². The first-order valence-corrected chi connectivity index (χ1v) is 8.79. The van der Waals surface area contributed by atoms with E-state index in [-0.39, 0.29) is 11.8 Å². The minimum absolute atomic E-state index is 0.229. The summed E-state index contributed by atoms with van der Waals surface area (Å²) in [5.74, 6) is 0.459. The Hall–Kier alpha value is -2.14. The normalized spacial score (nSPS) is 21.6. The van der Waals surface area contributed by atoms with Crippen LogP contribution in [0.2, 0.25) is 0 Å². The predicted octanol–water partition coefficient (Wildman–Crippen LogP) is 1.94. The molecule has 2 aromatic rings. The summed E-state index contributed by atoms with van der Waals surface area (Å²) in [5.41, 5.74) is 2.65. The molecule has 24 heavy (non-hydrogen) atoms. The monoisotopic (exact) mass is 324 g/mol. The summed E-state index contributed by atoms with van der Waals surface area (Å²) >= 11 is 0. The average molecular weight is 324 g/mol. The topological polar surface area (TPSA) is 59.0 Å². The number of nitrogens with one attached hydrogen (secondary N) is 2. The summed E-state index contributed by atoms with van der Waals surface area (Å²) in [7, 11) is 0. The second kappa shape index (κ2) is 6.40. The van der Waals surface area contributed by atoms with E-state index in [9.17, 15) is 4.79 Å². The van der Waals surface area contributed by atoms with Gasteiger partial charge in [-0.3, -0.25) is 9.48 Å². The standard InChI is InChI=1S/C19H24N4O/c24-18(17-12-19(17)5-8-20-9-6-19)21-13-15-3-1-4-16(11-15)14-23-10-2-7-22-23/h1-4,7,10-11,17,20H,5-6,8-9,12-14H2,(H,21,24). The SMILES string of the molecule is O=C(NCc1cccc(Cn2cccn2)c1)C1CC12CCNCC2. The molecule has 2 fully saturated rings. The van der Waals surface area contributed by atoms with E-state index >= 15 is 0 Å². The number of rotatable bonds is 5. The lowest BCUT2D eigenvalue weighted by molar-refractivity contribution is -0.123. The van der Waals surface area contributed by atoms with Crippen LogP contribution in [0.25, 0.3) is 0 Å². The number of amides is 1. The van der Waals surface area contributed by atoms with Crippen molar-refractivity contribution in [3.63, 3.8) is 0 Å². The minimum Gasteiger partial charge on any atom is -0.352 e. The van der Waals surface area contributed by atoms with E-state index in [0.717, 1.165) is 44.5 Å². The number of carbonyl (C=O) groups excluding carboxylic acids is 1. The Kier molecular flexibility index (Phi) is 4.10. The van der Waals surface area contributed by atoms with Crippen LogP contribution in [0.5, 0.6) is 0 Å². The van der Waals surface area contributed by atoms with Crippen LogP contribution in [-0.4, -0.2) is 28.8 Å². The van der Waals surface area contributed by atoms with E-state index in [1.807, 2.05) is 23.0 Å². The van der Waals surface area contributed by atoms with Crippen LogP contribution in [0.4, 0.5) is 0 Å². The zero-order valence-corrected chi connectivity index (χ0v) is 13.9. The highest BCUT2D eigenvalue weighted by molar-refractivity contribution is 5.82. The molecule has 1 aromatic heterocycles. The summed E-state index contributed by atoms with van der Waals surface area (Å²) in [6, 6.07) is 10.3. The van der Waals surface area contributed by atoms with Crippen molar-refractivity contribution in [1.29, 1.82) is 0 Å².